The van der Waals surface area contributed by atoms with Crippen LogP contribution in [0.4, 0.5) is 13.2 Å². The molecule has 2 rings (SSSR count). The summed E-state index contributed by atoms with van der Waals surface area (Å²) in [5.41, 5.74) is 0.232. The van der Waals surface area contributed by atoms with Crippen molar-refractivity contribution >= 4 is 21.6 Å². The molecular formula is C9H7BrF3N3O. The molecule has 0 fully saturated rings. The minimum absolute atomic E-state index is 0.0375. The highest BCUT2D eigenvalue weighted by molar-refractivity contribution is 9.10. The summed E-state index contributed by atoms with van der Waals surface area (Å²) in [6.07, 6.45) is -4.74. The van der Waals surface area contributed by atoms with Crippen molar-refractivity contribution in [2.24, 2.45) is 0 Å². The maximum atomic E-state index is 12.4. The van der Waals surface area contributed by atoms with Gasteiger partial charge in [0, 0.05) is 6.20 Å². The Hall–Kier alpha value is -1.31. The van der Waals surface area contributed by atoms with E-state index < -0.39 is 12.3 Å². The third-order valence-corrected chi connectivity index (χ3v) is 2.40. The van der Waals surface area contributed by atoms with Crippen LogP contribution in [0.2, 0.25) is 0 Å². The number of fused-ring (bicyclic) bond motifs is 1. The van der Waals surface area contributed by atoms with E-state index in [1.807, 2.05) is 0 Å². The van der Waals surface area contributed by atoms with Gasteiger partial charge in [-0.05, 0) is 35.0 Å². The fourth-order valence-electron chi connectivity index (χ4n) is 1.20. The first kappa shape index (κ1) is 12.2. The number of alkyl halides is 3. The lowest BCUT2D eigenvalue weighted by Crippen LogP contribution is -2.31. The second kappa shape index (κ2) is 4.17. The molecule has 0 amide bonds. The number of hydrogen-bond donors (Lipinski definition) is 0. The van der Waals surface area contributed by atoms with Crippen LogP contribution in [0.15, 0.2) is 23.1 Å². The predicted octanol–water partition coefficient (Wildman–Crippen LogP) is 2.82. The Kier molecular flexibility index (Phi) is 2.98. The smallest absolute Gasteiger partial charge is 0.425 e. The van der Waals surface area contributed by atoms with Crippen molar-refractivity contribution in [3.63, 3.8) is 0 Å². The average Bonchev–Trinajstić information content (AvgIpc) is 2.58. The second-order valence-corrected chi connectivity index (χ2v) is 4.03. The average molecular weight is 310 g/mol. The lowest BCUT2D eigenvalue weighted by Gasteiger charge is -2.17. The Morgan fingerprint density at radius 2 is 2.18 bits per heavy atom. The highest BCUT2D eigenvalue weighted by Crippen LogP contribution is 2.27. The van der Waals surface area contributed by atoms with E-state index in [1.165, 1.54) is 16.6 Å². The molecule has 1 atom stereocenters. The van der Waals surface area contributed by atoms with Gasteiger partial charge in [-0.15, -0.1) is 5.10 Å². The Balaban J connectivity index is 2.36. The van der Waals surface area contributed by atoms with Gasteiger partial charge < -0.3 is 4.74 Å². The van der Waals surface area contributed by atoms with Crippen LogP contribution in [0.5, 0.6) is 5.75 Å². The minimum Gasteiger partial charge on any atom is -0.477 e. The summed E-state index contributed by atoms with van der Waals surface area (Å²) in [5, 5.41) is 3.90. The molecule has 0 aromatic carbocycles. The number of pyridine rings is 1. The molecule has 0 saturated heterocycles. The Morgan fingerprint density at radius 3 is 2.82 bits per heavy atom. The Bertz CT molecular complexity index is 540. The van der Waals surface area contributed by atoms with Gasteiger partial charge in [-0.2, -0.15) is 18.2 Å². The molecule has 0 N–H and O–H groups in total. The van der Waals surface area contributed by atoms with Crippen LogP contribution in [0.25, 0.3) is 5.65 Å². The maximum Gasteiger partial charge on any atom is 0.425 e. The molecule has 0 bridgehead atoms. The van der Waals surface area contributed by atoms with Crippen LogP contribution in [-0.2, 0) is 0 Å². The molecule has 0 radical (unpaired) electrons. The fraction of sp³-hybridized carbons (Fsp3) is 0.333. The molecule has 8 heteroatoms. The zero-order valence-corrected chi connectivity index (χ0v) is 10.2. The van der Waals surface area contributed by atoms with E-state index in [2.05, 4.69) is 26.0 Å². The molecule has 0 aliphatic carbocycles. The first-order valence-electron chi connectivity index (χ1n) is 4.62. The van der Waals surface area contributed by atoms with Crippen LogP contribution in [-0.4, -0.2) is 26.9 Å². The van der Waals surface area contributed by atoms with Gasteiger partial charge in [-0.25, -0.2) is 4.52 Å². The van der Waals surface area contributed by atoms with E-state index in [0.717, 1.165) is 6.92 Å². The van der Waals surface area contributed by atoms with E-state index in [4.69, 9.17) is 4.74 Å². The van der Waals surface area contributed by atoms with Crippen LogP contribution < -0.4 is 4.74 Å². The summed E-state index contributed by atoms with van der Waals surface area (Å²) in [7, 11) is 0. The molecular weight excluding hydrogens is 303 g/mol. The molecule has 2 heterocycles. The van der Waals surface area contributed by atoms with Crippen molar-refractivity contribution in [1.29, 1.82) is 0 Å². The third-order valence-electron chi connectivity index (χ3n) is 2.07. The molecule has 0 aliphatic rings. The van der Waals surface area contributed by atoms with Gasteiger partial charge in [0.05, 0.1) is 0 Å². The van der Waals surface area contributed by atoms with E-state index in [9.17, 15) is 13.2 Å². The molecule has 0 aliphatic heterocycles. The summed E-state index contributed by atoms with van der Waals surface area (Å²) in [6.45, 7) is 0.939. The van der Waals surface area contributed by atoms with Crippen molar-refractivity contribution in [2.75, 3.05) is 0 Å². The SMILES string of the molecule is C[C@@H](Oc1cccn2nc(Br)nc12)C(F)(F)F. The number of hydrogen-bond acceptors (Lipinski definition) is 3. The van der Waals surface area contributed by atoms with Crippen molar-refractivity contribution in [3.8, 4) is 5.75 Å². The van der Waals surface area contributed by atoms with Crippen LogP contribution in [0.1, 0.15) is 6.92 Å². The fourth-order valence-corrected chi connectivity index (χ4v) is 1.54. The lowest BCUT2D eigenvalue weighted by molar-refractivity contribution is -0.189. The monoisotopic (exact) mass is 309 g/mol. The second-order valence-electron chi connectivity index (χ2n) is 3.32. The molecule has 17 heavy (non-hydrogen) atoms. The lowest BCUT2D eigenvalue weighted by atomic mass is 10.4. The molecule has 0 unspecified atom stereocenters. The normalized spacial score (nSPS) is 13.9. The summed E-state index contributed by atoms with van der Waals surface area (Å²) in [6, 6.07) is 2.95. The topological polar surface area (TPSA) is 39.4 Å². The van der Waals surface area contributed by atoms with Crippen molar-refractivity contribution in [1.82, 2.24) is 14.6 Å². The number of aromatic nitrogens is 3. The molecule has 0 spiro atoms. The molecule has 0 saturated carbocycles. The number of halogens is 4. The quantitative estimate of drug-likeness (QED) is 0.856. The predicted molar refractivity (Wildman–Crippen MR) is 56.8 cm³/mol. The Morgan fingerprint density at radius 1 is 1.47 bits per heavy atom. The molecule has 2 aromatic rings. The van der Waals surface area contributed by atoms with Crippen LogP contribution >= 0.6 is 15.9 Å². The van der Waals surface area contributed by atoms with E-state index in [1.54, 1.807) is 6.20 Å². The summed E-state index contributed by atoms with van der Waals surface area (Å²) >= 11 is 3.04. The van der Waals surface area contributed by atoms with Crippen molar-refractivity contribution < 1.29 is 17.9 Å². The third kappa shape index (κ3) is 2.51. The van der Waals surface area contributed by atoms with Gasteiger partial charge >= 0.3 is 6.18 Å². The summed E-state index contributed by atoms with van der Waals surface area (Å²) in [4.78, 5) is 3.92. The van der Waals surface area contributed by atoms with Gasteiger partial charge in [-0.1, -0.05) is 0 Å². The standard InChI is InChI=1S/C9H7BrF3N3O/c1-5(9(11,12)13)17-6-3-2-4-16-7(6)14-8(10)15-16/h2-5H,1H3/t5-/m1/s1. The highest BCUT2D eigenvalue weighted by Gasteiger charge is 2.38. The highest BCUT2D eigenvalue weighted by atomic mass is 79.9. The number of nitrogens with zero attached hydrogens (tertiary/aromatic N) is 3. The van der Waals surface area contributed by atoms with Gasteiger partial charge in [0.2, 0.25) is 4.73 Å². The van der Waals surface area contributed by atoms with Gasteiger partial charge in [0.25, 0.3) is 0 Å². The number of ether oxygens (including phenoxy) is 1. The minimum atomic E-state index is -4.41. The van der Waals surface area contributed by atoms with Gasteiger partial charge in [0.1, 0.15) is 0 Å². The van der Waals surface area contributed by atoms with E-state index in [-0.39, 0.29) is 16.1 Å². The van der Waals surface area contributed by atoms with Crippen molar-refractivity contribution in [3.05, 3.63) is 23.1 Å². The zero-order chi connectivity index (χ0) is 12.6. The van der Waals surface area contributed by atoms with Crippen molar-refractivity contribution in [2.45, 2.75) is 19.2 Å². The zero-order valence-electron chi connectivity index (χ0n) is 8.57. The molecule has 4 nitrogen and oxygen atoms in total. The first-order chi connectivity index (χ1) is 7.88. The molecule has 2 aromatic heterocycles. The van der Waals surface area contributed by atoms with Crippen LogP contribution in [0.3, 0.4) is 0 Å². The summed E-state index contributed by atoms with van der Waals surface area (Å²) in [5.74, 6) is 0.0375. The first-order valence-corrected chi connectivity index (χ1v) is 5.41. The van der Waals surface area contributed by atoms with Crippen LogP contribution in [0, 0.1) is 0 Å². The largest absolute Gasteiger partial charge is 0.477 e. The Labute approximate surface area is 103 Å². The van der Waals surface area contributed by atoms with E-state index in [0.29, 0.717) is 0 Å². The van der Waals surface area contributed by atoms with Gasteiger partial charge in [-0.3, -0.25) is 0 Å². The molecule has 92 valence electrons. The maximum absolute atomic E-state index is 12.4. The van der Waals surface area contributed by atoms with Gasteiger partial charge in [0.15, 0.2) is 17.5 Å². The summed E-state index contributed by atoms with van der Waals surface area (Å²) < 4.78 is 43.5. The number of rotatable bonds is 2. The van der Waals surface area contributed by atoms with E-state index >= 15 is 0 Å².